The first-order valence-corrected chi connectivity index (χ1v) is 10.8. The molecule has 0 aromatic carbocycles. The van der Waals surface area contributed by atoms with Crippen LogP contribution in [0.2, 0.25) is 0 Å². The van der Waals surface area contributed by atoms with Gasteiger partial charge in [0.25, 0.3) is 0 Å². The summed E-state index contributed by atoms with van der Waals surface area (Å²) in [4.78, 5) is 0. The molecular weight excluding hydrogens is 388 g/mol. The Morgan fingerprint density at radius 3 is 1.43 bits per heavy atom. The molecule has 6 N–H and O–H groups in total. The first kappa shape index (κ1) is 21.5. The molecule has 8 nitrogen and oxygen atoms in total. The molecule has 6 unspecified atom stereocenters. The number of allylic oxidation sites excluding steroid dienone is 8. The number of hydrogen-bond donors (Lipinski definition) is 6. The molecule has 2 heterocycles. The highest BCUT2D eigenvalue weighted by atomic mass is 16.5. The highest BCUT2D eigenvalue weighted by molar-refractivity contribution is 5.42. The van der Waals surface area contributed by atoms with Gasteiger partial charge < -0.3 is 40.5 Å². The van der Waals surface area contributed by atoms with Crippen molar-refractivity contribution in [1.29, 1.82) is 0 Å². The van der Waals surface area contributed by atoms with Crippen molar-refractivity contribution in [2.24, 2.45) is 0 Å². The summed E-state index contributed by atoms with van der Waals surface area (Å²) in [6.07, 6.45) is 10.2. The minimum atomic E-state index is -0.628. The van der Waals surface area contributed by atoms with E-state index in [2.05, 4.69) is 34.9 Å². The van der Waals surface area contributed by atoms with Gasteiger partial charge in [0.1, 0.15) is 24.7 Å². The summed E-state index contributed by atoms with van der Waals surface area (Å²) in [5.41, 5.74) is 4.81. The van der Waals surface area contributed by atoms with Gasteiger partial charge in [0.15, 0.2) is 0 Å². The molecule has 166 valence electrons. The van der Waals surface area contributed by atoms with Gasteiger partial charge in [0, 0.05) is 24.2 Å². The Morgan fingerprint density at radius 2 is 1.13 bits per heavy atom. The van der Waals surface area contributed by atoms with E-state index >= 15 is 0 Å². The number of nitrogens with one attached hydrogen (secondary N) is 2. The van der Waals surface area contributed by atoms with Crippen molar-refractivity contribution in [3.63, 3.8) is 0 Å². The normalized spacial score (nSPS) is 36.7. The Morgan fingerprint density at radius 1 is 0.700 bits per heavy atom. The van der Waals surface area contributed by atoms with Gasteiger partial charge in [-0.3, -0.25) is 0 Å². The second-order valence-corrected chi connectivity index (χ2v) is 8.35. The van der Waals surface area contributed by atoms with E-state index in [1.54, 1.807) is 0 Å². The predicted molar refractivity (Wildman–Crippen MR) is 110 cm³/mol. The zero-order valence-electron chi connectivity index (χ0n) is 17.0. The van der Waals surface area contributed by atoms with E-state index < -0.39 is 24.4 Å². The standard InChI is InChI=1S/C22H32N2O6/c25-11-19-17(27)9-21(29-19)23-15-5-1-13(2-6-15)14-3-7-16(8-4-14)24-22-10-18(28)20(12-26)30-22/h1,3,5,7,17-28H,2,4,6,8-12H2. The maximum absolute atomic E-state index is 9.84. The van der Waals surface area contributed by atoms with Crippen molar-refractivity contribution in [2.75, 3.05) is 13.2 Å². The van der Waals surface area contributed by atoms with Gasteiger partial charge in [-0.25, -0.2) is 0 Å². The summed E-state index contributed by atoms with van der Waals surface area (Å²) in [7, 11) is 0. The average molecular weight is 421 g/mol. The highest BCUT2D eigenvalue weighted by Crippen LogP contribution is 2.31. The zero-order valence-corrected chi connectivity index (χ0v) is 17.0. The third-order valence-electron chi connectivity index (χ3n) is 6.21. The van der Waals surface area contributed by atoms with Crippen LogP contribution >= 0.6 is 0 Å². The summed E-state index contributed by atoms with van der Waals surface area (Å²) in [5.74, 6) is 0. The van der Waals surface area contributed by atoms with Crippen molar-refractivity contribution >= 4 is 0 Å². The van der Waals surface area contributed by atoms with E-state index in [4.69, 9.17) is 9.47 Å². The third-order valence-corrected chi connectivity index (χ3v) is 6.21. The van der Waals surface area contributed by atoms with E-state index in [0.717, 1.165) is 37.1 Å². The summed E-state index contributed by atoms with van der Waals surface area (Å²) in [6.45, 7) is -0.340. The minimum Gasteiger partial charge on any atom is -0.394 e. The van der Waals surface area contributed by atoms with Crippen molar-refractivity contribution in [1.82, 2.24) is 10.6 Å². The van der Waals surface area contributed by atoms with Crippen LogP contribution in [0.5, 0.6) is 0 Å². The number of hydrogen-bond acceptors (Lipinski definition) is 8. The van der Waals surface area contributed by atoms with E-state index in [9.17, 15) is 20.4 Å². The van der Waals surface area contributed by atoms with Crippen LogP contribution in [-0.2, 0) is 9.47 Å². The van der Waals surface area contributed by atoms with Gasteiger partial charge in [-0.1, -0.05) is 12.2 Å². The average Bonchev–Trinajstić information content (AvgIpc) is 3.30. The molecule has 2 aliphatic carbocycles. The van der Waals surface area contributed by atoms with E-state index in [1.807, 2.05) is 0 Å². The molecule has 0 radical (unpaired) electrons. The largest absolute Gasteiger partial charge is 0.394 e. The quantitative estimate of drug-likeness (QED) is 0.348. The molecule has 4 rings (SSSR count). The van der Waals surface area contributed by atoms with Gasteiger partial charge in [0.05, 0.1) is 25.4 Å². The monoisotopic (exact) mass is 420 g/mol. The van der Waals surface area contributed by atoms with Crippen LogP contribution in [0.25, 0.3) is 0 Å². The lowest BCUT2D eigenvalue weighted by atomic mass is 9.90. The maximum atomic E-state index is 9.84. The molecule has 0 aromatic heterocycles. The van der Waals surface area contributed by atoms with Crippen molar-refractivity contribution in [3.05, 3.63) is 46.8 Å². The van der Waals surface area contributed by atoms with Gasteiger partial charge in [-0.2, -0.15) is 0 Å². The number of aliphatic hydroxyl groups excluding tert-OH is 4. The lowest BCUT2D eigenvalue weighted by Crippen LogP contribution is -2.30. The second-order valence-electron chi connectivity index (χ2n) is 8.35. The van der Waals surface area contributed by atoms with Gasteiger partial charge >= 0.3 is 0 Å². The first-order chi connectivity index (χ1) is 14.6. The van der Waals surface area contributed by atoms with Gasteiger partial charge in [-0.15, -0.1) is 0 Å². The van der Waals surface area contributed by atoms with Crippen LogP contribution in [0.4, 0.5) is 0 Å². The van der Waals surface area contributed by atoms with Crippen LogP contribution in [-0.4, -0.2) is 70.5 Å². The Kier molecular flexibility index (Phi) is 6.92. The first-order valence-electron chi connectivity index (χ1n) is 10.8. The smallest absolute Gasteiger partial charge is 0.130 e. The Hall–Kier alpha value is -1.68. The summed E-state index contributed by atoms with van der Waals surface area (Å²) < 4.78 is 11.2. The molecule has 0 amide bonds. The molecule has 2 fully saturated rings. The molecule has 0 aromatic rings. The number of aliphatic hydroxyl groups is 4. The van der Waals surface area contributed by atoms with Crippen molar-refractivity contribution in [2.45, 2.75) is 75.4 Å². The number of rotatable bonds is 7. The molecule has 4 aliphatic rings. The molecule has 30 heavy (non-hydrogen) atoms. The van der Waals surface area contributed by atoms with Crippen molar-refractivity contribution < 1.29 is 29.9 Å². The van der Waals surface area contributed by atoms with E-state index in [0.29, 0.717) is 12.8 Å². The van der Waals surface area contributed by atoms with E-state index in [1.165, 1.54) is 11.1 Å². The molecule has 8 heteroatoms. The SMILES string of the molecule is OCC1OC(NC2=CC=C(C3=CC=C(NC4CC(O)C(CO)O4)CC3)CC2)CC1O. The van der Waals surface area contributed by atoms with E-state index in [-0.39, 0.29) is 25.7 Å². The maximum Gasteiger partial charge on any atom is 0.130 e. The Balaban J connectivity index is 1.30. The minimum absolute atomic E-state index is 0.170. The predicted octanol–water partition coefficient (Wildman–Crippen LogP) is 0.310. The molecule has 0 spiro atoms. The Bertz CT molecular complexity index is 684. The summed E-state index contributed by atoms with van der Waals surface area (Å²) in [6, 6.07) is 0. The fourth-order valence-electron chi connectivity index (χ4n) is 4.44. The fraction of sp³-hybridized carbons (Fsp3) is 0.636. The van der Waals surface area contributed by atoms with Gasteiger partial charge in [-0.05, 0) is 49.0 Å². The molecule has 2 aliphatic heterocycles. The van der Waals surface area contributed by atoms with Crippen LogP contribution in [0, 0.1) is 0 Å². The van der Waals surface area contributed by atoms with Crippen LogP contribution in [0.1, 0.15) is 38.5 Å². The highest BCUT2D eigenvalue weighted by Gasteiger charge is 2.34. The number of ether oxygens (including phenoxy) is 2. The molecule has 0 bridgehead atoms. The molecule has 2 saturated heterocycles. The van der Waals surface area contributed by atoms with Crippen LogP contribution in [0.3, 0.4) is 0 Å². The molecule has 6 atom stereocenters. The topological polar surface area (TPSA) is 123 Å². The fourth-order valence-corrected chi connectivity index (χ4v) is 4.44. The third kappa shape index (κ3) is 4.96. The summed E-state index contributed by atoms with van der Waals surface area (Å²) >= 11 is 0. The van der Waals surface area contributed by atoms with Crippen LogP contribution in [0.15, 0.2) is 46.8 Å². The lowest BCUT2D eigenvalue weighted by molar-refractivity contribution is -0.0282. The zero-order chi connectivity index (χ0) is 21.1. The van der Waals surface area contributed by atoms with Crippen molar-refractivity contribution in [3.8, 4) is 0 Å². The summed E-state index contributed by atoms with van der Waals surface area (Å²) in [5, 5.41) is 44.7. The lowest BCUT2D eigenvalue weighted by Gasteiger charge is -2.24. The Labute approximate surface area is 176 Å². The molecular formula is C22H32N2O6. The van der Waals surface area contributed by atoms with Crippen LogP contribution < -0.4 is 10.6 Å². The van der Waals surface area contributed by atoms with Gasteiger partial charge in [0.2, 0.25) is 0 Å². The second kappa shape index (κ2) is 9.64. The molecule has 0 saturated carbocycles.